The zero-order valence-corrected chi connectivity index (χ0v) is 18.1. The minimum absolute atomic E-state index is 0.0749. The third kappa shape index (κ3) is 3.90. The van der Waals surface area contributed by atoms with E-state index in [0.717, 1.165) is 11.1 Å². The van der Waals surface area contributed by atoms with Crippen LogP contribution in [0.4, 0.5) is 5.69 Å². The molecule has 1 aromatic heterocycles. The van der Waals surface area contributed by atoms with Crippen LogP contribution >= 0.6 is 11.6 Å². The normalized spacial score (nSPS) is 14.8. The van der Waals surface area contributed by atoms with E-state index >= 15 is 0 Å². The lowest BCUT2D eigenvalue weighted by molar-refractivity contribution is -0.118. The fourth-order valence-electron chi connectivity index (χ4n) is 3.54. The molecule has 9 heteroatoms. The molecule has 0 saturated heterocycles. The summed E-state index contributed by atoms with van der Waals surface area (Å²) in [6.45, 7) is 3.74. The minimum Gasteiger partial charge on any atom is -0.308 e. The van der Waals surface area contributed by atoms with Crippen LogP contribution in [0.5, 0.6) is 0 Å². The molecule has 2 aromatic carbocycles. The van der Waals surface area contributed by atoms with Crippen molar-refractivity contribution in [2.45, 2.75) is 32.6 Å². The van der Waals surface area contributed by atoms with Crippen molar-refractivity contribution in [3.63, 3.8) is 0 Å². The summed E-state index contributed by atoms with van der Waals surface area (Å²) >= 11 is 5.99. The Bertz CT molecular complexity index is 1400. The first kappa shape index (κ1) is 21.4. The second-order valence-corrected chi connectivity index (χ2v) is 8.02. The number of aryl methyl sites for hydroxylation is 2. The Morgan fingerprint density at radius 2 is 1.97 bits per heavy atom. The van der Waals surface area contributed by atoms with E-state index in [-0.39, 0.29) is 35.8 Å². The van der Waals surface area contributed by atoms with E-state index in [9.17, 15) is 19.6 Å². The lowest BCUT2D eigenvalue weighted by Gasteiger charge is -2.25. The van der Waals surface area contributed by atoms with Gasteiger partial charge in [0.25, 0.3) is 5.56 Å². The SMILES string of the molecule is Cc1ccc(C)c(N2N=C(C(=O)C(C#N)c3nc4cc(Cl)ccc4c(=O)[nH]3)CCC2=O)c1. The quantitative estimate of drug-likeness (QED) is 0.655. The molecule has 1 atom stereocenters. The fourth-order valence-corrected chi connectivity index (χ4v) is 3.71. The zero-order valence-electron chi connectivity index (χ0n) is 17.3. The number of Topliss-reactive ketones (excluding diaryl/α,β-unsaturated/α-hetero) is 1. The van der Waals surface area contributed by atoms with Gasteiger partial charge in [-0.3, -0.25) is 14.4 Å². The van der Waals surface area contributed by atoms with Crippen LogP contribution in [0.15, 0.2) is 46.3 Å². The predicted octanol–water partition coefficient (Wildman–Crippen LogP) is 3.55. The number of carbonyl (C=O) groups is 2. The Kier molecular flexibility index (Phi) is 5.59. The van der Waals surface area contributed by atoms with Gasteiger partial charge in [0.2, 0.25) is 11.7 Å². The Morgan fingerprint density at radius 3 is 2.72 bits per heavy atom. The van der Waals surface area contributed by atoms with Gasteiger partial charge in [-0.1, -0.05) is 23.7 Å². The summed E-state index contributed by atoms with van der Waals surface area (Å²) < 4.78 is 0. The molecule has 0 fully saturated rings. The van der Waals surface area contributed by atoms with Crippen molar-refractivity contribution < 1.29 is 9.59 Å². The summed E-state index contributed by atoms with van der Waals surface area (Å²) in [5, 5.41) is 15.9. The first-order valence-electron chi connectivity index (χ1n) is 9.89. The Hall–Kier alpha value is -3.83. The molecule has 160 valence electrons. The highest BCUT2D eigenvalue weighted by Crippen LogP contribution is 2.27. The number of anilines is 1. The maximum atomic E-state index is 13.2. The third-order valence-electron chi connectivity index (χ3n) is 5.26. The standard InChI is InChI=1S/C23H18ClN5O3/c1-12-3-4-13(2)19(9-12)29-20(30)8-7-17(28-29)21(31)16(11-25)22-26-18-10-14(24)5-6-15(18)23(32)27-22/h3-6,9-10,16H,7-8H2,1-2H3,(H,26,27,32). The van der Waals surface area contributed by atoms with E-state index in [1.165, 1.54) is 17.1 Å². The van der Waals surface area contributed by atoms with E-state index in [4.69, 9.17) is 11.6 Å². The number of H-pyrrole nitrogens is 1. The van der Waals surface area contributed by atoms with E-state index < -0.39 is 17.3 Å². The zero-order chi connectivity index (χ0) is 23.0. The topological polar surface area (TPSA) is 119 Å². The Morgan fingerprint density at radius 1 is 1.19 bits per heavy atom. The van der Waals surface area contributed by atoms with Crippen LogP contribution in [-0.4, -0.2) is 27.4 Å². The summed E-state index contributed by atoms with van der Waals surface area (Å²) in [5.74, 6) is -2.32. The number of nitrogens with one attached hydrogen (secondary N) is 1. The van der Waals surface area contributed by atoms with Crippen molar-refractivity contribution in [3.05, 3.63) is 68.7 Å². The molecule has 0 spiro atoms. The number of rotatable bonds is 4. The first-order valence-corrected chi connectivity index (χ1v) is 10.3. The van der Waals surface area contributed by atoms with Crippen LogP contribution in [0.25, 0.3) is 10.9 Å². The van der Waals surface area contributed by atoms with Gasteiger partial charge in [-0.05, 0) is 49.2 Å². The summed E-state index contributed by atoms with van der Waals surface area (Å²) in [7, 11) is 0. The average molecular weight is 448 g/mol. The van der Waals surface area contributed by atoms with Crippen LogP contribution < -0.4 is 10.6 Å². The van der Waals surface area contributed by atoms with Gasteiger partial charge in [0.15, 0.2) is 5.92 Å². The van der Waals surface area contributed by atoms with E-state index in [0.29, 0.717) is 16.1 Å². The molecule has 3 aromatic rings. The number of nitriles is 1. The summed E-state index contributed by atoms with van der Waals surface area (Å²) in [4.78, 5) is 45.0. The summed E-state index contributed by atoms with van der Waals surface area (Å²) in [6, 6.07) is 12.1. The number of halogens is 1. The Balaban J connectivity index is 1.74. The number of hydrogen-bond acceptors (Lipinski definition) is 6. The van der Waals surface area contributed by atoms with Gasteiger partial charge >= 0.3 is 0 Å². The summed E-state index contributed by atoms with van der Waals surface area (Å²) in [6.07, 6.45) is 0.175. The molecule has 4 rings (SSSR count). The number of benzene rings is 2. The van der Waals surface area contributed by atoms with Crippen molar-refractivity contribution in [1.82, 2.24) is 9.97 Å². The van der Waals surface area contributed by atoms with Crippen molar-refractivity contribution in [1.29, 1.82) is 5.26 Å². The monoisotopic (exact) mass is 447 g/mol. The molecule has 0 saturated carbocycles. The van der Waals surface area contributed by atoms with E-state index in [2.05, 4.69) is 15.1 Å². The molecule has 1 unspecified atom stereocenters. The van der Waals surface area contributed by atoms with Crippen LogP contribution in [0.1, 0.15) is 35.7 Å². The molecule has 32 heavy (non-hydrogen) atoms. The smallest absolute Gasteiger partial charge is 0.258 e. The van der Waals surface area contributed by atoms with Crippen molar-refractivity contribution in [2.24, 2.45) is 5.10 Å². The molecule has 0 radical (unpaired) electrons. The average Bonchev–Trinajstić information content (AvgIpc) is 2.76. The van der Waals surface area contributed by atoms with Gasteiger partial charge in [-0.25, -0.2) is 9.99 Å². The molecular weight excluding hydrogens is 430 g/mol. The number of aromatic nitrogens is 2. The third-order valence-corrected chi connectivity index (χ3v) is 5.50. The van der Waals surface area contributed by atoms with Gasteiger partial charge in [0.05, 0.1) is 22.7 Å². The largest absolute Gasteiger partial charge is 0.308 e. The number of ketones is 1. The maximum Gasteiger partial charge on any atom is 0.258 e. The van der Waals surface area contributed by atoms with Gasteiger partial charge in [0, 0.05) is 17.9 Å². The van der Waals surface area contributed by atoms with E-state index in [1.54, 1.807) is 6.07 Å². The number of amides is 1. The highest BCUT2D eigenvalue weighted by atomic mass is 35.5. The second kappa shape index (κ2) is 8.36. The van der Waals surface area contributed by atoms with Gasteiger partial charge in [-0.2, -0.15) is 10.4 Å². The van der Waals surface area contributed by atoms with Crippen molar-refractivity contribution in [2.75, 3.05) is 5.01 Å². The number of hydrogen-bond donors (Lipinski definition) is 1. The highest BCUT2D eigenvalue weighted by Gasteiger charge is 2.32. The van der Waals surface area contributed by atoms with Crippen LogP contribution in [0.3, 0.4) is 0 Å². The number of fused-ring (bicyclic) bond motifs is 1. The Labute approximate surface area is 188 Å². The lowest BCUT2D eigenvalue weighted by Crippen LogP contribution is -2.36. The van der Waals surface area contributed by atoms with Gasteiger partial charge < -0.3 is 4.98 Å². The van der Waals surface area contributed by atoms with Gasteiger partial charge in [0.1, 0.15) is 11.5 Å². The molecule has 1 amide bonds. The number of hydrazone groups is 1. The lowest BCUT2D eigenvalue weighted by atomic mass is 9.96. The highest BCUT2D eigenvalue weighted by molar-refractivity contribution is 6.43. The molecule has 1 N–H and O–H groups in total. The second-order valence-electron chi connectivity index (χ2n) is 7.58. The number of nitrogens with zero attached hydrogens (tertiary/aromatic N) is 4. The molecule has 2 heterocycles. The first-order chi connectivity index (χ1) is 15.3. The van der Waals surface area contributed by atoms with Crippen molar-refractivity contribution >= 4 is 45.6 Å². The molecule has 0 aliphatic carbocycles. The summed E-state index contributed by atoms with van der Waals surface area (Å²) in [5.41, 5.74) is 2.23. The minimum atomic E-state index is -1.38. The van der Waals surface area contributed by atoms with Crippen LogP contribution in [0.2, 0.25) is 5.02 Å². The molecular formula is C23H18ClN5O3. The molecule has 8 nitrogen and oxygen atoms in total. The van der Waals surface area contributed by atoms with E-state index in [1.807, 2.05) is 38.1 Å². The number of carbonyl (C=O) groups excluding carboxylic acids is 2. The van der Waals surface area contributed by atoms with Gasteiger partial charge in [-0.15, -0.1) is 0 Å². The fraction of sp³-hybridized carbons (Fsp3) is 0.217. The molecule has 1 aliphatic heterocycles. The molecule has 0 bridgehead atoms. The predicted molar refractivity (Wildman–Crippen MR) is 121 cm³/mol. The van der Waals surface area contributed by atoms with Crippen LogP contribution in [0, 0.1) is 25.2 Å². The van der Waals surface area contributed by atoms with Crippen molar-refractivity contribution in [3.8, 4) is 6.07 Å². The number of aromatic amines is 1. The molecule has 1 aliphatic rings. The maximum absolute atomic E-state index is 13.2. The van der Waals surface area contributed by atoms with Crippen LogP contribution in [-0.2, 0) is 9.59 Å².